The second-order valence-corrected chi connectivity index (χ2v) is 6.84. The van der Waals surface area contributed by atoms with E-state index in [4.69, 9.17) is 0 Å². The lowest BCUT2D eigenvalue weighted by molar-refractivity contribution is -0.131. The summed E-state index contributed by atoms with van der Waals surface area (Å²) in [5.41, 5.74) is 2.02. The quantitative estimate of drug-likeness (QED) is 0.854. The van der Waals surface area contributed by atoms with Crippen LogP contribution in [0.5, 0.6) is 0 Å². The SMILES string of the molecule is Cl.Cl.O=C(CCc1nc2ccccc2[nH]1)N1CC[C@@H]2CNC[C@@H]2CC1. The minimum atomic E-state index is 0. The van der Waals surface area contributed by atoms with Gasteiger partial charge in [0.15, 0.2) is 0 Å². The molecule has 3 heterocycles. The molecule has 0 bridgehead atoms. The molecule has 1 aromatic heterocycles. The van der Waals surface area contributed by atoms with E-state index < -0.39 is 0 Å². The van der Waals surface area contributed by atoms with Gasteiger partial charge in [-0.3, -0.25) is 4.79 Å². The Hall–Kier alpha value is -1.30. The molecule has 0 radical (unpaired) electrons. The molecule has 0 spiro atoms. The minimum Gasteiger partial charge on any atom is -0.343 e. The maximum absolute atomic E-state index is 12.5. The van der Waals surface area contributed by atoms with Crippen LogP contribution in [0.1, 0.15) is 25.1 Å². The van der Waals surface area contributed by atoms with Crippen molar-refractivity contribution in [1.29, 1.82) is 0 Å². The number of likely N-dealkylation sites (tertiary alicyclic amines) is 1. The van der Waals surface area contributed by atoms with E-state index >= 15 is 0 Å². The molecule has 2 saturated heterocycles. The molecule has 1 amide bonds. The zero-order valence-corrected chi connectivity index (χ0v) is 15.9. The summed E-state index contributed by atoms with van der Waals surface area (Å²) in [6, 6.07) is 8.01. The van der Waals surface area contributed by atoms with Crippen LogP contribution in [0, 0.1) is 11.8 Å². The lowest BCUT2D eigenvalue weighted by Gasteiger charge is -2.20. The third kappa shape index (κ3) is 4.46. The number of fused-ring (bicyclic) bond motifs is 2. The fourth-order valence-electron chi connectivity index (χ4n) is 3.97. The molecule has 0 aliphatic carbocycles. The number of aromatic nitrogens is 2. The zero-order chi connectivity index (χ0) is 15.6. The number of nitrogens with one attached hydrogen (secondary N) is 2. The van der Waals surface area contributed by atoms with Crippen molar-refractivity contribution in [3.63, 3.8) is 0 Å². The van der Waals surface area contributed by atoms with E-state index in [0.717, 1.165) is 67.7 Å². The maximum Gasteiger partial charge on any atom is 0.223 e. The molecule has 2 N–H and O–H groups in total. The highest BCUT2D eigenvalue weighted by atomic mass is 35.5. The van der Waals surface area contributed by atoms with Crippen molar-refractivity contribution in [3.05, 3.63) is 30.1 Å². The van der Waals surface area contributed by atoms with Gasteiger partial charge in [-0.05, 0) is 49.9 Å². The Morgan fingerprint density at radius 3 is 2.48 bits per heavy atom. The number of rotatable bonds is 3. The van der Waals surface area contributed by atoms with Gasteiger partial charge < -0.3 is 15.2 Å². The average molecular weight is 385 g/mol. The van der Waals surface area contributed by atoms with Gasteiger partial charge in [-0.15, -0.1) is 24.8 Å². The molecule has 1 aromatic carbocycles. The Kier molecular flexibility index (Phi) is 7.11. The van der Waals surface area contributed by atoms with Gasteiger partial charge >= 0.3 is 0 Å². The number of H-pyrrole nitrogens is 1. The fourth-order valence-corrected chi connectivity index (χ4v) is 3.97. The van der Waals surface area contributed by atoms with Gasteiger partial charge in [0.2, 0.25) is 5.91 Å². The number of hydrogen-bond acceptors (Lipinski definition) is 3. The predicted molar refractivity (Wildman–Crippen MR) is 105 cm³/mol. The minimum absolute atomic E-state index is 0. The van der Waals surface area contributed by atoms with Crippen molar-refractivity contribution >= 4 is 41.8 Å². The Balaban J connectivity index is 0.00000113. The van der Waals surface area contributed by atoms with Crippen LogP contribution >= 0.6 is 24.8 Å². The van der Waals surface area contributed by atoms with E-state index in [1.165, 1.54) is 0 Å². The number of aromatic amines is 1. The Morgan fingerprint density at radius 2 is 1.80 bits per heavy atom. The molecule has 0 saturated carbocycles. The smallest absolute Gasteiger partial charge is 0.223 e. The number of amides is 1. The van der Waals surface area contributed by atoms with Crippen molar-refractivity contribution in [1.82, 2.24) is 20.2 Å². The second kappa shape index (κ2) is 8.88. The molecule has 4 rings (SSSR count). The number of benzene rings is 1. The van der Waals surface area contributed by atoms with Gasteiger partial charge in [0.1, 0.15) is 5.82 Å². The van der Waals surface area contributed by atoms with Crippen LogP contribution in [-0.2, 0) is 11.2 Å². The summed E-state index contributed by atoms with van der Waals surface area (Å²) in [5, 5.41) is 3.48. The predicted octanol–water partition coefficient (Wildman–Crippen LogP) is 2.80. The highest BCUT2D eigenvalue weighted by Crippen LogP contribution is 2.27. The molecule has 0 unspecified atom stereocenters. The highest BCUT2D eigenvalue weighted by Gasteiger charge is 2.31. The van der Waals surface area contributed by atoms with Crippen LogP contribution in [0.4, 0.5) is 0 Å². The molecule has 7 heteroatoms. The Bertz CT molecular complexity index is 658. The number of carbonyl (C=O) groups excluding carboxylic acids is 1. The van der Waals surface area contributed by atoms with Gasteiger partial charge in [0.05, 0.1) is 11.0 Å². The number of hydrogen-bond donors (Lipinski definition) is 2. The highest BCUT2D eigenvalue weighted by molar-refractivity contribution is 5.85. The molecule has 25 heavy (non-hydrogen) atoms. The van der Waals surface area contributed by atoms with Crippen molar-refractivity contribution in [2.75, 3.05) is 26.2 Å². The standard InChI is InChI=1S/C18H24N4O.2ClH/c23-18(22-9-7-13-11-19-12-14(13)8-10-22)6-5-17-20-15-3-1-2-4-16(15)21-17;;/h1-4,13-14,19H,5-12H2,(H,20,21);2*1H/t13-,14+;;. The van der Waals surface area contributed by atoms with Crippen LogP contribution < -0.4 is 5.32 Å². The van der Waals surface area contributed by atoms with E-state index in [0.29, 0.717) is 12.8 Å². The summed E-state index contributed by atoms with van der Waals surface area (Å²) in [6.07, 6.45) is 3.54. The Morgan fingerprint density at radius 1 is 1.12 bits per heavy atom. The largest absolute Gasteiger partial charge is 0.343 e. The molecular weight excluding hydrogens is 359 g/mol. The topological polar surface area (TPSA) is 61.0 Å². The summed E-state index contributed by atoms with van der Waals surface area (Å²) < 4.78 is 0. The summed E-state index contributed by atoms with van der Waals surface area (Å²) in [7, 11) is 0. The first-order valence-corrected chi connectivity index (χ1v) is 8.72. The summed E-state index contributed by atoms with van der Waals surface area (Å²) in [5.74, 6) is 2.72. The molecule has 2 fully saturated rings. The maximum atomic E-state index is 12.5. The molecular formula is C18H26Cl2N4O. The van der Waals surface area contributed by atoms with Gasteiger partial charge in [-0.25, -0.2) is 4.98 Å². The normalized spacial score (nSPS) is 22.6. The molecule has 2 aromatic rings. The monoisotopic (exact) mass is 384 g/mol. The first-order valence-electron chi connectivity index (χ1n) is 8.72. The lowest BCUT2D eigenvalue weighted by atomic mass is 9.92. The molecule has 2 atom stereocenters. The number of nitrogens with zero attached hydrogens (tertiary/aromatic N) is 2. The lowest BCUT2D eigenvalue weighted by Crippen LogP contribution is -2.33. The molecule has 5 nitrogen and oxygen atoms in total. The Labute approximate surface area is 160 Å². The molecule has 2 aliphatic rings. The van der Waals surface area contributed by atoms with E-state index in [9.17, 15) is 4.79 Å². The summed E-state index contributed by atoms with van der Waals surface area (Å²) >= 11 is 0. The number of para-hydroxylation sites is 2. The first-order chi connectivity index (χ1) is 11.3. The van der Waals surface area contributed by atoms with E-state index in [2.05, 4.69) is 20.2 Å². The fraction of sp³-hybridized carbons (Fsp3) is 0.556. The third-order valence-electron chi connectivity index (χ3n) is 5.39. The first kappa shape index (κ1) is 20.0. The van der Waals surface area contributed by atoms with E-state index in [1.807, 2.05) is 24.3 Å². The van der Waals surface area contributed by atoms with Crippen molar-refractivity contribution < 1.29 is 4.79 Å². The van der Waals surface area contributed by atoms with Crippen molar-refractivity contribution in [3.8, 4) is 0 Å². The molecule has 138 valence electrons. The van der Waals surface area contributed by atoms with Gasteiger partial charge in [0, 0.05) is 25.9 Å². The van der Waals surface area contributed by atoms with E-state index in [1.54, 1.807) is 0 Å². The van der Waals surface area contributed by atoms with Crippen LogP contribution in [0.3, 0.4) is 0 Å². The third-order valence-corrected chi connectivity index (χ3v) is 5.39. The van der Waals surface area contributed by atoms with Crippen LogP contribution in [0.25, 0.3) is 11.0 Å². The number of carbonyl (C=O) groups is 1. The van der Waals surface area contributed by atoms with Crippen LogP contribution in [0.2, 0.25) is 0 Å². The number of aryl methyl sites for hydroxylation is 1. The summed E-state index contributed by atoms with van der Waals surface area (Å²) in [6.45, 7) is 4.10. The van der Waals surface area contributed by atoms with E-state index in [-0.39, 0.29) is 30.7 Å². The number of halogens is 2. The van der Waals surface area contributed by atoms with Crippen molar-refractivity contribution in [2.45, 2.75) is 25.7 Å². The van der Waals surface area contributed by atoms with Crippen LogP contribution in [0.15, 0.2) is 24.3 Å². The zero-order valence-electron chi connectivity index (χ0n) is 14.2. The molecule has 2 aliphatic heterocycles. The average Bonchev–Trinajstić information content (AvgIpc) is 3.14. The van der Waals surface area contributed by atoms with Crippen molar-refractivity contribution in [2.24, 2.45) is 11.8 Å². The van der Waals surface area contributed by atoms with Crippen LogP contribution in [-0.4, -0.2) is 47.0 Å². The number of imidazole rings is 1. The van der Waals surface area contributed by atoms with Gasteiger partial charge in [0.25, 0.3) is 0 Å². The van der Waals surface area contributed by atoms with Gasteiger partial charge in [-0.2, -0.15) is 0 Å². The summed E-state index contributed by atoms with van der Waals surface area (Å²) in [4.78, 5) is 22.5. The van der Waals surface area contributed by atoms with Gasteiger partial charge in [-0.1, -0.05) is 12.1 Å². The second-order valence-electron chi connectivity index (χ2n) is 6.84.